The van der Waals surface area contributed by atoms with Crippen LogP contribution in [-0.2, 0) is 33.3 Å². The Morgan fingerprint density at radius 3 is 2.33 bits per heavy atom. The Morgan fingerprint density at radius 1 is 0.917 bits per heavy atom. The van der Waals surface area contributed by atoms with Gasteiger partial charge in [-0.2, -0.15) is 0 Å². The predicted molar refractivity (Wildman–Crippen MR) is 131 cm³/mol. The number of carbonyl (C=O) groups is 3. The van der Waals surface area contributed by atoms with Crippen molar-refractivity contribution in [3.63, 3.8) is 0 Å². The fourth-order valence-corrected chi connectivity index (χ4v) is 9.55. The minimum absolute atomic E-state index is 0.0724. The summed E-state index contributed by atoms with van der Waals surface area (Å²) in [5, 5.41) is 0. The highest BCUT2D eigenvalue weighted by molar-refractivity contribution is 5.86. The Labute approximate surface area is 214 Å². The lowest BCUT2D eigenvalue weighted by molar-refractivity contribution is -0.270. The minimum Gasteiger partial charge on any atom is -0.436 e. The summed E-state index contributed by atoms with van der Waals surface area (Å²) in [7, 11) is 0. The fourth-order valence-electron chi connectivity index (χ4n) is 9.55. The molecule has 7 nitrogen and oxygen atoms in total. The number of cyclic esters (lactones) is 1. The van der Waals surface area contributed by atoms with Crippen molar-refractivity contribution in [3.8, 4) is 0 Å². The lowest BCUT2D eigenvalue weighted by Crippen LogP contribution is -2.62. The molecule has 9 atom stereocenters. The molecule has 2 heterocycles. The van der Waals surface area contributed by atoms with Crippen LogP contribution in [0.5, 0.6) is 0 Å². The molecule has 7 heteroatoms. The van der Waals surface area contributed by atoms with Gasteiger partial charge in [0, 0.05) is 31.4 Å². The second kappa shape index (κ2) is 8.85. The summed E-state index contributed by atoms with van der Waals surface area (Å²) in [4.78, 5) is 35.9. The largest absolute Gasteiger partial charge is 0.436 e. The molecular formula is C29H42O7. The molecule has 2 aliphatic heterocycles. The van der Waals surface area contributed by atoms with Gasteiger partial charge < -0.3 is 18.9 Å². The van der Waals surface area contributed by atoms with Gasteiger partial charge in [-0.25, -0.2) is 4.79 Å². The molecule has 2 unspecified atom stereocenters. The Kier molecular flexibility index (Phi) is 6.33. The first-order chi connectivity index (χ1) is 16.8. The van der Waals surface area contributed by atoms with Crippen molar-refractivity contribution >= 4 is 17.9 Å². The number of ether oxygens (including phenoxy) is 4. The van der Waals surface area contributed by atoms with E-state index in [2.05, 4.69) is 27.7 Å². The predicted octanol–water partition coefficient (Wildman–Crippen LogP) is 5.31. The Balaban J connectivity index is 1.49. The number of fused-ring (bicyclic) bond motifs is 5. The number of hydrogen-bond acceptors (Lipinski definition) is 7. The van der Waals surface area contributed by atoms with E-state index < -0.39 is 30.6 Å². The van der Waals surface area contributed by atoms with E-state index in [1.54, 1.807) is 0 Å². The quantitative estimate of drug-likeness (QED) is 0.483. The van der Waals surface area contributed by atoms with Crippen molar-refractivity contribution in [1.29, 1.82) is 0 Å². The van der Waals surface area contributed by atoms with E-state index in [0.717, 1.165) is 19.3 Å². The molecule has 4 fully saturated rings. The molecule has 0 radical (unpaired) electrons. The Hall–Kier alpha value is -1.89. The molecule has 3 aliphatic carbocycles. The van der Waals surface area contributed by atoms with Gasteiger partial charge in [-0.1, -0.05) is 34.1 Å². The Bertz CT molecular complexity index is 969. The smallest absolute Gasteiger partial charge is 0.334 e. The summed E-state index contributed by atoms with van der Waals surface area (Å²) in [5.41, 5.74) is 1.22. The maximum atomic E-state index is 12.2. The molecule has 0 aromatic rings. The minimum atomic E-state index is -1.09. The van der Waals surface area contributed by atoms with Crippen LogP contribution in [0.25, 0.3) is 0 Å². The van der Waals surface area contributed by atoms with Gasteiger partial charge in [0.25, 0.3) is 6.29 Å². The van der Waals surface area contributed by atoms with Gasteiger partial charge in [0.15, 0.2) is 0 Å². The van der Waals surface area contributed by atoms with Crippen LogP contribution in [0.4, 0.5) is 0 Å². The molecule has 5 rings (SSSR count). The summed E-state index contributed by atoms with van der Waals surface area (Å²) in [6.45, 7) is 12.6. The van der Waals surface area contributed by atoms with Crippen LogP contribution in [-0.4, -0.2) is 36.6 Å². The van der Waals surface area contributed by atoms with E-state index in [0.29, 0.717) is 29.2 Å². The normalized spacial score (nSPS) is 45.3. The number of esters is 3. The second-order valence-corrected chi connectivity index (χ2v) is 13.2. The van der Waals surface area contributed by atoms with E-state index >= 15 is 0 Å². The monoisotopic (exact) mass is 502 g/mol. The lowest BCUT2D eigenvalue weighted by Gasteiger charge is -2.67. The summed E-state index contributed by atoms with van der Waals surface area (Å²) in [6.07, 6.45) is 8.06. The van der Waals surface area contributed by atoms with Crippen LogP contribution in [0.3, 0.4) is 0 Å². The fraction of sp³-hybridized carbons (Fsp3) is 0.828. The molecular weight excluding hydrogens is 460 g/mol. The zero-order valence-electron chi connectivity index (χ0n) is 22.6. The summed E-state index contributed by atoms with van der Waals surface area (Å²) in [5.74, 6) is 0.218. The van der Waals surface area contributed by atoms with Gasteiger partial charge in [-0.15, -0.1) is 0 Å². The van der Waals surface area contributed by atoms with Gasteiger partial charge >= 0.3 is 17.9 Å². The van der Waals surface area contributed by atoms with E-state index in [1.165, 1.54) is 45.6 Å². The highest BCUT2D eigenvalue weighted by Gasteiger charge is 2.64. The molecule has 1 saturated heterocycles. The number of carbonyl (C=O) groups excluding carboxylic acids is 3. The van der Waals surface area contributed by atoms with Crippen molar-refractivity contribution in [3.05, 3.63) is 11.6 Å². The lowest BCUT2D eigenvalue weighted by atomic mass is 9.38. The zero-order chi connectivity index (χ0) is 26.0. The highest BCUT2D eigenvalue weighted by atomic mass is 16.7. The van der Waals surface area contributed by atoms with Crippen molar-refractivity contribution in [2.75, 3.05) is 0 Å². The molecule has 0 bridgehead atoms. The number of rotatable bonds is 3. The Morgan fingerprint density at radius 2 is 1.64 bits per heavy atom. The standard InChI is InChI=1S/C29H42O7/c1-16(30)33-25-18-8-9-23-28(5,13-10-22-27(3,4)11-7-12-29(22,23)6)20(18)15-21(35-25)19-14-24(32)36-26(19)34-17(2)31/h14,18,20-23,25-26H,7-13,15H2,1-6H3/t18-,20+,21+,22?,23?,25-,26-,28-,29-/m0/s1. The summed E-state index contributed by atoms with van der Waals surface area (Å²) in [6, 6.07) is 0. The van der Waals surface area contributed by atoms with Crippen LogP contribution in [0, 0.1) is 39.9 Å². The summed E-state index contributed by atoms with van der Waals surface area (Å²) >= 11 is 0. The molecule has 0 amide bonds. The van der Waals surface area contributed by atoms with Gasteiger partial charge in [0.2, 0.25) is 6.29 Å². The number of hydrogen-bond donors (Lipinski definition) is 0. The maximum Gasteiger partial charge on any atom is 0.334 e. The highest BCUT2D eigenvalue weighted by Crippen LogP contribution is 2.70. The molecule has 0 aromatic heterocycles. The van der Waals surface area contributed by atoms with Crippen LogP contribution in [0.2, 0.25) is 0 Å². The molecule has 36 heavy (non-hydrogen) atoms. The first-order valence-electron chi connectivity index (χ1n) is 13.8. The second-order valence-electron chi connectivity index (χ2n) is 13.2. The third kappa shape index (κ3) is 4.10. The molecule has 0 N–H and O–H groups in total. The average molecular weight is 503 g/mol. The first kappa shape index (κ1) is 25.7. The van der Waals surface area contributed by atoms with Gasteiger partial charge in [0.05, 0.1) is 6.10 Å². The SMILES string of the molecule is CC(=O)O[C@H]1OC(=O)C=C1[C@H]1C[C@@H]2[C@H](CCC3[C@@]4(C)CCCC(C)(C)C4CC[C@]32C)[C@@H](OC(C)=O)O1. The first-order valence-corrected chi connectivity index (χ1v) is 13.8. The average Bonchev–Trinajstić information content (AvgIpc) is 3.11. The van der Waals surface area contributed by atoms with E-state index in [1.807, 2.05) is 0 Å². The van der Waals surface area contributed by atoms with Crippen molar-refractivity contribution in [2.45, 2.75) is 112 Å². The van der Waals surface area contributed by atoms with Gasteiger partial charge in [0.1, 0.15) is 0 Å². The van der Waals surface area contributed by atoms with Gasteiger partial charge in [-0.3, -0.25) is 9.59 Å². The summed E-state index contributed by atoms with van der Waals surface area (Å²) < 4.78 is 22.7. The molecule has 200 valence electrons. The zero-order valence-corrected chi connectivity index (χ0v) is 22.6. The molecule has 0 spiro atoms. The van der Waals surface area contributed by atoms with Crippen molar-refractivity contribution < 1.29 is 33.3 Å². The van der Waals surface area contributed by atoms with Crippen LogP contribution >= 0.6 is 0 Å². The van der Waals surface area contributed by atoms with Crippen molar-refractivity contribution in [2.24, 2.45) is 39.9 Å². The maximum absolute atomic E-state index is 12.2. The van der Waals surface area contributed by atoms with E-state index in [4.69, 9.17) is 18.9 Å². The van der Waals surface area contributed by atoms with E-state index in [9.17, 15) is 14.4 Å². The van der Waals surface area contributed by atoms with Crippen molar-refractivity contribution in [1.82, 2.24) is 0 Å². The molecule has 3 saturated carbocycles. The third-order valence-corrected chi connectivity index (χ3v) is 10.8. The topological polar surface area (TPSA) is 88.1 Å². The van der Waals surface area contributed by atoms with E-state index in [-0.39, 0.29) is 28.6 Å². The third-order valence-electron chi connectivity index (χ3n) is 10.8. The molecule has 0 aromatic carbocycles. The van der Waals surface area contributed by atoms with Gasteiger partial charge in [-0.05, 0) is 78.9 Å². The van der Waals surface area contributed by atoms with Crippen LogP contribution in [0.15, 0.2) is 11.6 Å². The van der Waals surface area contributed by atoms with Crippen LogP contribution < -0.4 is 0 Å². The van der Waals surface area contributed by atoms with Crippen LogP contribution in [0.1, 0.15) is 92.9 Å². The molecule has 5 aliphatic rings.